The molecule has 1 aromatic carbocycles. The smallest absolute Gasteiger partial charge is 0.256 e. The molecule has 4 rings (SSSR count). The van der Waals surface area contributed by atoms with E-state index in [1.165, 1.54) is 11.8 Å². The minimum absolute atomic E-state index is 0.104. The zero-order valence-corrected chi connectivity index (χ0v) is 19.5. The molecule has 164 valence electrons. The highest BCUT2D eigenvalue weighted by Crippen LogP contribution is 2.31. The number of nitrogens with zero attached hydrogens (tertiary/aromatic N) is 3. The van der Waals surface area contributed by atoms with Crippen molar-refractivity contribution < 1.29 is 9.59 Å². The maximum Gasteiger partial charge on any atom is 0.256 e. The van der Waals surface area contributed by atoms with Gasteiger partial charge in [-0.1, -0.05) is 6.07 Å². The second-order valence-electron chi connectivity index (χ2n) is 8.05. The Bertz CT molecular complexity index is 1340. The highest BCUT2D eigenvalue weighted by Gasteiger charge is 2.20. The summed E-state index contributed by atoms with van der Waals surface area (Å²) in [6, 6.07) is 11.4. The summed E-state index contributed by atoms with van der Waals surface area (Å²) in [5, 5.41) is 10.9. The fourth-order valence-corrected chi connectivity index (χ4v) is 4.34. The van der Waals surface area contributed by atoms with E-state index in [9.17, 15) is 9.59 Å². The fourth-order valence-electron chi connectivity index (χ4n) is 3.51. The third kappa shape index (κ3) is 4.27. The summed E-state index contributed by atoms with van der Waals surface area (Å²) in [4.78, 5) is 31.9. The molecule has 0 bridgehead atoms. The molecular formula is C24H25N5O2S. The van der Waals surface area contributed by atoms with Gasteiger partial charge in [0, 0.05) is 29.2 Å². The number of pyridine rings is 1. The molecule has 0 saturated carbocycles. The van der Waals surface area contributed by atoms with Crippen LogP contribution in [-0.2, 0) is 4.79 Å². The Morgan fingerprint density at radius 3 is 2.50 bits per heavy atom. The normalized spacial score (nSPS) is 11.2. The van der Waals surface area contributed by atoms with Crippen LogP contribution in [0.5, 0.6) is 0 Å². The number of thiophene rings is 1. The summed E-state index contributed by atoms with van der Waals surface area (Å²) in [6.45, 7) is 9.47. The number of nitrogens with one attached hydrogen (secondary N) is 2. The predicted molar refractivity (Wildman–Crippen MR) is 129 cm³/mol. The Kier molecular flexibility index (Phi) is 5.80. The van der Waals surface area contributed by atoms with Crippen molar-refractivity contribution >= 4 is 45.6 Å². The van der Waals surface area contributed by atoms with E-state index in [4.69, 9.17) is 4.98 Å². The molecule has 0 aliphatic rings. The summed E-state index contributed by atoms with van der Waals surface area (Å²) in [6.07, 6.45) is 1.70. The topological polar surface area (TPSA) is 88.9 Å². The molecule has 8 heteroatoms. The van der Waals surface area contributed by atoms with Gasteiger partial charge in [-0.3, -0.25) is 9.59 Å². The van der Waals surface area contributed by atoms with Crippen LogP contribution in [0.3, 0.4) is 0 Å². The number of aromatic nitrogens is 3. The van der Waals surface area contributed by atoms with Gasteiger partial charge in [0.2, 0.25) is 5.91 Å². The maximum atomic E-state index is 13.4. The Hall–Kier alpha value is -3.52. The zero-order valence-electron chi connectivity index (χ0n) is 18.7. The van der Waals surface area contributed by atoms with Crippen molar-refractivity contribution in [3.63, 3.8) is 0 Å². The molecule has 3 aromatic heterocycles. The number of amides is 2. The first-order valence-corrected chi connectivity index (χ1v) is 11.2. The molecule has 0 spiro atoms. The van der Waals surface area contributed by atoms with Crippen LogP contribution in [0.1, 0.15) is 47.6 Å². The maximum absolute atomic E-state index is 13.4. The lowest BCUT2D eigenvalue weighted by molar-refractivity contribution is -0.114. The Morgan fingerprint density at radius 2 is 1.84 bits per heavy atom. The highest BCUT2D eigenvalue weighted by molar-refractivity contribution is 7.15. The van der Waals surface area contributed by atoms with Crippen molar-refractivity contribution in [3.8, 4) is 10.6 Å². The van der Waals surface area contributed by atoms with Crippen LogP contribution >= 0.6 is 11.3 Å². The monoisotopic (exact) mass is 447 g/mol. The quantitative estimate of drug-likeness (QED) is 0.419. The molecule has 32 heavy (non-hydrogen) atoms. The summed E-state index contributed by atoms with van der Waals surface area (Å²) in [7, 11) is 0. The molecule has 0 unspecified atom stereocenters. The van der Waals surface area contributed by atoms with Crippen molar-refractivity contribution in [2.75, 3.05) is 10.6 Å². The number of anilines is 2. The van der Waals surface area contributed by atoms with Gasteiger partial charge in [0.05, 0.1) is 27.7 Å². The van der Waals surface area contributed by atoms with Gasteiger partial charge in [-0.25, -0.2) is 9.67 Å². The molecule has 2 N–H and O–H groups in total. The van der Waals surface area contributed by atoms with Crippen molar-refractivity contribution in [1.29, 1.82) is 0 Å². The lowest BCUT2D eigenvalue weighted by atomic mass is 10.1. The van der Waals surface area contributed by atoms with Gasteiger partial charge in [-0.15, -0.1) is 11.3 Å². The molecule has 0 aliphatic heterocycles. The van der Waals surface area contributed by atoms with Gasteiger partial charge in [0.15, 0.2) is 5.65 Å². The lowest BCUT2D eigenvalue weighted by Crippen LogP contribution is -2.15. The third-order valence-electron chi connectivity index (χ3n) is 5.10. The van der Waals surface area contributed by atoms with E-state index in [1.54, 1.807) is 29.7 Å². The Morgan fingerprint density at radius 1 is 1.06 bits per heavy atom. The first-order chi connectivity index (χ1) is 15.2. The van der Waals surface area contributed by atoms with Gasteiger partial charge in [-0.2, -0.15) is 5.10 Å². The molecule has 3 heterocycles. The number of carbonyl (C=O) groups excluding carboxylic acids is 2. The Balaban J connectivity index is 1.79. The number of hydrogen-bond donors (Lipinski definition) is 2. The fraction of sp³-hybridized carbons (Fsp3) is 0.250. The number of carbonyl (C=O) groups is 2. The summed E-state index contributed by atoms with van der Waals surface area (Å²) in [5.74, 6) is -0.419. The van der Waals surface area contributed by atoms with Crippen LogP contribution in [0.15, 0.2) is 42.6 Å². The van der Waals surface area contributed by atoms with Crippen molar-refractivity contribution in [1.82, 2.24) is 14.8 Å². The van der Waals surface area contributed by atoms with Crippen LogP contribution in [0.4, 0.5) is 11.4 Å². The molecule has 0 aliphatic carbocycles. The summed E-state index contributed by atoms with van der Waals surface area (Å²) in [5.41, 5.74) is 4.08. The largest absolute Gasteiger partial charge is 0.326 e. The van der Waals surface area contributed by atoms with Crippen LogP contribution in [-0.4, -0.2) is 26.6 Å². The zero-order chi connectivity index (χ0) is 23.0. The molecule has 0 radical (unpaired) electrons. The second-order valence-corrected chi connectivity index (χ2v) is 9.34. The minimum atomic E-state index is -0.252. The molecule has 0 atom stereocenters. The van der Waals surface area contributed by atoms with Gasteiger partial charge in [-0.05, 0) is 63.6 Å². The number of aryl methyl sites for hydroxylation is 2. The number of benzene rings is 1. The molecule has 0 fully saturated rings. The highest BCUT2D eigenvalue weighted by atomic mass is 32.1. The first kappa shape index (κ1) is 21.7. The number of rotatable bonds is 5. The van der Waals surface area contributed by atoms with Crippen LogP contribution in [0, 0.1) is 13.8 Å². The van der Waals surface area contributed by atoms with Crippen molar-refractivity contribution in [3.05, 3.63) is 58.6 Å². The Labute approximate surface area is 190 Å². The lowest BCUT2D eigenvalue weighted by Gasteiger charge is -2.13. The SMILES string of the molecule is CC(=O)Nc1ccc(C)c(NC(=O)c2cc(-c3ccc(C)s3)nc3c2cnn3C(C)C)c1. The van der Waals surface area contributed by atoms with E-state index in [0.29, 0.717) is 28.0 Å². The van der Waals surface area contributed by atoms with Gasteiger partial charge in [0.25, 0.3) is 5.91 Å². The standard InChI is InChI=1S/C24H25N5O2S/c1-13(2)29-23-19(12-25-29)18(11-21(27-23)22-9-7-15(4)32-22)24(31)28-20-10-17(26-16(5)30)8-6-14(20)3/h6-13H,1-5H3,(H,26,30)(H,28,31). The third-order valence-corrected chi connectivity index (χ3v) is 6.12. The van der Waals surface area contributed by atoms with E-state index < -0.39 is 0 Å². The molecule has 7 nitrogen and oxygen atoms in total. The van der Waals surface area contributed by atoms with Crippen molar-refractivity contribution in [2.24, 2.45) is 0 Å². The van der Waals surface area contributed by atoms with Crippen LogP contribution in [0.25, 0.3) is 21.6 Å². The van der Waals surface area contributed by atoms with Crippen molar-refractivity contribution in [2.45, 2.75) is 40.7 Å². The molecular weight excluding hydrogens is 422 g/mol. The summed E-state index contributed by atoms with van der Waals surface area (Å²) >= 11 is 1.64. The molecule has 4 aromatic rings. The van der Waals surface area contributed by atoms with E-state index in [2.05, 4.69) is 15.7 Å². The van der Waals surface area contributed by atoms with E-state index in [-0.39, 0.29) is 17.9 Å². The number of hydrogen-bond acceptors (Lipinski definition) is 5. The average molecular weight is 448 g/mol. The molecule has 0 saturated heterocycles. The second kappa shape index (κ2) is 8.55. The first-order valence-electron chi connectivity index (χ1n) is 10.4. The van der Waals surface area contributed by atoms with Gasteiger partial charge in [0.1, 0.15) is 0 Å². The molecule has 2 amide bonds. The van der Waals surface area contributed by atoms with E-state index in [1.807, 2.05) is 56.6 Å². The van der Waals surface area contributed by atoms with Gasteiger partial charge < -0.3 is 10.6 Å². The van der Waals surface area contributed by atoms with Crippen LogP contribution in [0.2, 0.25) is 0 Å². The number of fused-ring (bicyclic) bond motifs is 1. The summed E-state index contributed by atoms with van der Waals surface area (Å²) < 4.78 is 1.83. The van der Waals surface area contributed by atoms with Gasteiger partial charge >= 0.3 is 0 Å². The van der Waals surface area contributed by atoms with E-state index in [0.717, 1.165) is 16.1 Å². The predicted octanol–water partition coefficient (Wildman–Crippen LogP) is 5.57. The minimum Gasteiger partial charge on any atom is -0.326 e. The average Bonchev–Trinajstić information content (AvgIpc) is 3.35. The van der Waals surface area contributed by atoms with E-state index >= 15 is 0 Å². The van der Waals surface area contributed by atoms with Crippen LogP contribution < -0.4 is 10.6 Å².